The van der Waals surface area contributed by atoms with Gasteiger partial charge in [-0.2, -0.15) is 0 Å². The summed E-state index contributed by atoms with van der Waals surface area (Å²) < 4.78 is 0. The van der Waals surface area contributed by atoms with E-state index in [-0.39, 0.29) is 5.91 Å². The molecular formula is C29H35N3O. The quantitative estimate of drug-likeness (QED) is 0.510. The molecule has 1 amide bonds. The molecule has 0 unspecified atom stereocenters. The van der Waals surface area contributed by atoms with Gasteiger partial charge in [-0.3, -0.25) is 9.69 Å². The maximum Gasteiger partial charge on any atom is 0.254 e. The van der Waals surface area contributed by atoms with Crippen LogP contribution >= 0.6 is 0 Å². The average Bonchev–Trinajstić information content (AvgIpc) is 3.54. The summed E-state index contributed by atoms with van der Waals surface area (Å²) in [5.74, 6) is 1.07. The largest absolute Gasteiger partial charge is 0.364 e. The van der Waals surface area contributed by atoms with Crippen LogP contribution < -0.4 is 0 Å². The lowest BCUT2D eigenvalue weighted by molar-refractivity contribution is 0.0588. The molecule has 4 heteroatoms. The van der Waals surface area contributed by atoms with E-state index in [1.807, 2.05) is 36.5 Å². The Morgan fingerprint density at radius 3 is 2.30 bits per heavy atom. The Balaban J connectivity index is 1.40. The topological polar surface area (TPSA) is 39.3 Å². The number of aromatic nitrogens is 1. The van der Waals surface area contributed by atoms with Crippen molar-refractivity contribution < 1.29 is 4.79 Å². The van der Waals surface area contributed by atoms with Crippen LogP contribution in [0.3, 0.4) is 0 Å². The number of nitrogens with zero attached hydrogens (tertiary/aromatic N) is 2. The lowest BCUT2D eigenvalue weighted by atomic mass is 9.87. The molecule has 2 fully saturated rings. The molecule has 1 saturated heterocycles. The molecule has 2 heterocycles. The number of benzene rings is 2. The van der Waals surface area contributed by atoms with Crippen LogP contribution in [0, 0.1) is 5.92 Å². The highest BCUT2D eigenvalue weighted by atomic mass is 16.2. The zero-order chi connectivity index (χ0) is 22.5. The number of nitrogens with one attached hydrogen (secondary N) is 1. The van der Waals surface area contributed by atoms with Gasteiger partial charge in [0, 0.05) is 55.6 Å². The van der Waals surface area contributed by atoms with Gasteiger partial charge in [0.25, 0.3) is 5.91 Å². The second-order valence-corrected chi connectivity index (χ2v) is 9.78. The Morgan fingerprint density at radius 2 is 1.61 bits per heavy atom. The number of hydrogen-bond acceptors (Lipinski definition) is 2. The molecule has 1 saturated carbocycles. The minimum atomic E-state index is 0.206. The van der Waals surface area contributed by atoms with Crippen LogP contribution in [0.4, 0.5) is 0 Å². The van der Waals surface area contributed by atoms with Crippen molar-refractivity contribution in [2.24, 2.45) is 5.92 Å². The first-order valence-corrected chi connectivity index (χ1v) is 12.5. The van der Waals surface area contributed by atoms with Crippen LogP contribution in [0.25, 0.3) is 0 Å². The second kappa shape index (κ2) is 10.4. The van der Waals surface area contributed by atoms with Crippen LogP contribution in [-0.2, 0) is 6.54 Å². The summed E-state index contributed by atoms with van der Waals surface area (Å²) in [6.45, 7) is 3.82. The predicted octanol–water partition coefficient (Wildman–Crippen LogP) is 5.71. The number of amides is 1. The van der Waals surface area contributed by atoms with Crippen molar-refractivity contribution in [2.75, 3.05) is 19.6 Å². The normalized spacial score (nSPS) is 21.8. The molecule has 33 heavy (non-hydrogen) atoms. The Labute approximate surface area is 197 Å². The van der Waals surface area contributed by atoms with Gasteiger partial charge >= 0.3 is 0 Å². The third-order valence-corrected chi connectivity index (χ3v) is 7.53. The van der Waals surface area contributed by atoms with Crippen molar-refractivity contribution in [1.82, 2.24) is 14.8 Å². The lowest BCUT2D eigenvalue weighted by Crippen LogP contribution is -2.45. The van der Waals surface area contributed by atoms with Crippen LogP contribution in [0.5, 0.6) is 0 Å². The molecule has 2 aromatic carbocycles. The smallest absolute Gasteiger partial charge is 0.254 e. The van der Waals surface area contributed by atoms with E-state index >= 15 is 0 Å². The van der Waals surface area contributed by atoms with Gasteiger partial charge in [0.2, 0.25) is 0 Å². The molecule has 4 nitrogen and oxygen atoms in total. The Bertz CT molecular complexity index is 996. The highest BCUT2D eigenvalue weighted by Gasteiger charge is 2.37. The van der Waals surface area contributed by atoms with Gasteiger partial charge in [-0.25, -0.2) is 0 Å². The first kappa shape index (κ1) is 22.0. The van der Waals surface area contributed by atoms with Gasteiger partial charge in [0.15, 0.2) is 0 Å². The second-order valence-electron chi connectivity index (χ2n) is 9.78. The summed E-state index contributed by atoms with van der Waals surface area (Å²) in [7, 11) is 0. The van der Waals surface area contributed by atoms with Gasteiger partial charge in [-0.15, -0.1) is 0 Å². The van der Waals surface area contributed by atoms with Crippen LogP contribution in [0.2, 0.25) is 0 Å². The van der Waals surface area contributed by atoms with Crippen LogP contribution in [0.1, 0.15) is 59.6 Å². The molecule has 0 spiro atoms. The lowest BCUT2D eigenvalue weighted by Gasteiger charge is -2.37. The number of likely N-dealkylation sites (tertiary alicyclic amines) is 1. The van der Waals surface area contributed by atoms with Crippen molar-refractivity contribution in [1.29, 1.82) is 0 Å². The van der Waals surface area contributed by atoms with Crippen molar-refractivity contribution >= 4 is 5.91 Å². The van der Waals surface area contributed by atoms with Crippen molar-refractivity contribution in [3.8, 4) is 0 Å². The maximum atomic E-state index is 13.7. The fourth-order valence-corrected chi connectivity index (χ4v) is 5.85. The molecule has 1 N–H and O–H groups in total. The van der Waals surface area contributed by atoms with E-state index in [9.17, 15) is 4.79 Å². The van der Waals surface area contributed by atoms with Crippen molar-refractivity contribution in [3.63, 3.8) is 0 Å². The Hall–Kier alpha value is -2.85. The van der Waals surface area contributed by atoms with E-state index in [2.05, 4.69) is 57.2 Å². The van der Waals surface area contributed by atoms with Gasteiger partial charge in [0.05, 0.1) is 0 Å². The summed E-state index contributed by atoms with van der Waals surface area (Å²) in [6, 6.07) is 25.4. The first-order valence-electron chi connectivity index (χ1n) is 12.5. The van der Waals surface area contributed by atoms with Crippen molar-refractivity contribution in [3.05, 3.63) is 95.8 Å². The highest BCUT2D eigenvalue weighted by Crippen LogP contribution is 2.36. The van der Waals surface area contributed by atoms with Gasteiger partial charge in [0.1, 0.15) is 0 Å². The predicted molar refractivity (Wildman–Crippen MR) is 133 cm³/mol. The molecule has 0 bridgehead atoms. The monoisotopic (exact) mass is 441 g/mol. The molecule has 0 radical (unpaired) electrons. The number of carbonyl (C=O) groups excluding carboxylic acids is 1. The van der Waals surface area contributed by atoms with E-state index in [0.717, 1.165) is 44.6 Å². The molecular weight excluding hydrogens is 406 g/mol. The fraction of sp³-hybridized carbons (Fsp3) is 0.414. The number of rotatable bonds is 7. The SMILES string of the molecule is O=C(c1ccccc1)N(C[C@H]1CN(Cc2ccc[nH]2)C[C@@H]1c1ccccc1)C1CCCCC1. The minimum Gasteiger partial charge on any atom is -0.364 e. The van der Waals surface area contributed by atoms with Crippen LogP contribution in [0.15, 0.2) is 79.0 Å². The third-order valence-electron chi connectivity index (χ3n) is 7.53. The number of H-pyrrole nitrogens is 1. The average molecular weight is 442 g/mol. The molecule has 1 aliphatic heterocycles. The van der Waals surface area contributed by atoms with Gasteiger partial charge in [-0.1, -0.05) is 67.8 Å². The highest BCUT2D eigenvalue weighted by molar-refractivity contribution is 5.94. The first-order chi connectivity index (χ1) is 16.3. The molecule has 3 aromatic rings. The van der Waals surface area contributed by atoms with Gasteiger partial charge < -0.3 is 9.88 Å². The fourth-order valence-electron chi connectivity index (χ4n) is 5.85. The summed E-state index contributed by atoms with van der Waals surface area (Å²) in [6.07, 6.45) is 8.02. The molecule has 172 valence electrons. The minimum absolute atomic E-state index is 0.206. The van der Waals surface area contributed by atoms with Gasteiger partial charge in [-0.05, 0) is 48.6 Å². The molecule has 1 aliphatic carbocycles. The summed E-state index contributed by atoms with van der Waals surface area (Å²) in [4.78, 5) is 21.9. The zero-order valence-electron chi connectivity index (χ0n) is 19.4. The van der Waals surface area contributed by atoms with E-state index in [1.54, 1.807) is 0 Å². The van der Waals surface area contributed by atoms with Crippen molar-refractivity contribution in [2.45, 2.75) is 50.6 Å². The van der Waals surface area contributed by atoms with E-state index in [0.29, 0.717) is 17.9 Å². The number of aromatic amines is 1. The molecule has 5 rings (SSSR count). The van der Waals surface area contributed by atoms with Crippen LogP contribution in [-0.4, -0.2) is 46.4 Å². The Kier molecular flexibility index (Phi) is 6.92. The number of hydrogen-bond donors (Lipinski definition) is 1. The summed E-state index contributed by atoms with van der Waals surface area (Å²) in [5.41, 5.74) is 3.47. The molecule has 1 aromatic heterocycles. The van der Waals surface area contributed by atoms with E-state index in [1.165, 1.54) is 30.5 Å². The molecule has 2 aliphatic rings. The maximum absolute atomic E-state index is 13.7. The van der Waals surface area contributed by atoms with E-state index in [4.69, 9.17) is 0 Å². The standard InChI is InChI=1S/C29H35N3O/c33-29(24-13-6-2-7-14-24)32(27-16-8-3-9-17-27)20-25-19-31(21-26-15-10-18-30-26)22-28(25)23-11-4-1-5-12-23/h1-2,4-7,10-15,18,25,27-28,30H,3,8-9,16-17,19-22H2/t25-,28-/m1/s1. The summed E-state index contributed by atoms with van der Waals surface area (Å²) in [5, 5.41) is 0. The Morgan fingerprint density at radius 1 is 0.879 bits per heavy atom. The van der Waals surface area contributed by atoms with E-state index < -0.39 is 0 Å². The molecule has 2 atom stereocenters. The zero-order valence-corrected chi connectivity index (χ0v) is 19.4. The number of carbonyl (C=O) groups is 1. The third kappa shape index (κ3) is 5.22. The summed E-state index contributed by atoms with van der Waals surface area (Å²) >= 11 is 0.